The van der Waals surface area contributed by atoms with Crippen LogP contribution in [0.3, 0.4) is 0 Å². The first-order chi connectivity index (χ1) is 5.77. The van der Waals surface area contributed by atoms with E-state index in [1.807, 2.05) is 6.08 Å². The van der Waals surface area contributed by atoms with Crippen molar-refractivity contribution in [3.8, 4) is 0 Å². The summed E-state index contributed by atoms with van der Waals surface area (Å²) in [5.74, 6) is 0. The maximum atomic E-state index is 5.37. The van der Waals surface area contributed by atoms with Crippen LogP contribution in [0.15, 0.2) is 12.7 Å². The Morgan fingerprint density at radius 3 is 2.75 bits per heavy atom. The first kappa shape index (κ1) is 11.7. The first-order valence-electron chi connectivity index (χ1n) is 4.70. The molecule has 12 heavy (non-hydrogen) atoms. The van der Waals surface area contributed by atoms with Crippen LogP contribution in [0.2, 0.25) is 0 Å². The molecule has 0 radical (unpaired) electrons. The summed E-state index contributed by atoms with van der Waals surface area (Å²) in [5, 5.41) is 3.30. The molecule has 0 aromatic carbocycles. The Labute approximate surface area is 76.0 Å². The third kappa shape index (κ3) is 9.66. The van der Waals surface area contributed by atoms with E-state index in [2.05, 4.69) is 25.7 Å². The zero-order valence-electron chi connectivity index (χ0n) is 8.31. The molecule has 0 aliphatic rings. The lowest BCUT2D eigenvalue weighted by atomic mass is 10.3. The summed E-state index contributed by atoms with van der Waals surface area (Å²) in [4.78, 5) is 0. The molecule has 0 heterocycles. The van der Waals surface area contributed by atoms with Crippen molar-refractivity contribution in [1.29, 1.82) is 0 Å². The molecule has 72 valence electrons. The van der Waals surface area contributed by atoms with Crippen LogP contribution in [0.25, 0.3) is 0 Å². The van der Waals surface area contributed by atoms with Gasteiger partial charge in [0.2, 0.25) is 0 Å². The molecule has 0 saturated heterocycles. The second-order valence-electron chi connectivity index (χ2n) is 3.10. The molecule has 0 spiro atoms. The molecule has 2 heteroatoms. The van der Waals surface area contributed by atoms with Crippen molar-refractivity contribution < 1.29 is 4.74 Å². The van der Waals surface area contributed by atoms with Gasteiger partial charge in [0.05, 0.1) is 12.7 Å². The SMILES string of the molecule is C=CCCCNCCOC(C)C. The van der Waals surface area contributed by atoms with Crippen LogP contribution >= 0.6 is 0 Å². The van der Waals surface area contributed by atoms with Crippen LogP contribution in [-0.2, 0) is 4.74 Å². The molecule has 0 saturated carbocycles. The summed E-state index contributed by atoms with van der Waals surface area (Å²) in [6.45, 7) is 10.6. The fourth-order valence-electron chi connectivity index (χ4n) is 0.863. The largest absolute Gasteiger partial charge is 0.377 e. The average molecular weight is 171 g/mol. The zero-order valence-corrected chi connectivity index (χ0v) is 8.31. The Balaban J connectivity index is 2.86. The lowest BCUT2D eigenvalue weighted by molar-refractivity contribution is 0.0809. The van der Waals surface area contributed by atoms with Crippen molar-refractivity contribution in [2.75, 3.05) is 19.7 Å². The molecule has 0 unspecified atom stereocenters. The quantitative estimate of drug-likeness (QED) is 0.445. The molecule has 0 amide bonds. The van der Waals surface area contributed by atoms with E-state index in [0.717, 1.165) is 26.1 Å². The molecular weight excluding hydrogens is 150 g/mol. The van der Waals surface area contributed by atoms with Gasteiger partial charge in [-0.15, -0.1) is 6.58 Å². The van der Waals surface area contributed by atoms with E-state index in [1.165, 1.54) is 6.42 Å². The monoisotopic (exact) mass is 171 g/mol. The molecule has 0 rings (SSSR count). The topological polar surface area (TPSA) is 21.3 Å². The fourth-order valence-corrected chi connectivity index (χ4v) is 0.863. The molecule has 1 N–H and O–H groups in total. The van der Waals surface area contributed by atoms with Gasteiger partial charge < -0.3 is 10.1 Å². The van der Waals surface area contributed by atoms with Gasteiger partial charge in [0.25, 0.3) is 0 Å². The maximum Gasteiger partial charge on any atom is 0.0594 e. The second kappa shape index (κ2) is 8.75. The zero-order chi connectivity index (χ0) is 9.23. The van der Waals surface area contributed by atoms with Gasteiger partial charge in [0.1, 0.15) is 0 Å². The number of unbranched alkanes of at least 4 members (excludes halogenated alkanes) is 1. The molecular formula is C10H21NO. The van der Waals surface area contributed by atoms with E-state index >= 15 is 0 Å². The van der Waals surface area contributed by atoms with Crippen LogP contribution in [0, 0.1) is 0 Å². The van der Waals surface area contributed by atoms with Gasteiger partial charge in [-0.3, -0.25) is 0 Å². The normalized spacial score (nSPS) is 10.6. The third-order valence-corrected chi connectivity index (χ3v) is 1.49. The number of nitrogens with one attached hydrogen (secondary N) is 1. The van der Waals surface area contributed by atoms with E-state index in [9.17, 15) is 0 Å². The third-order valence-electron chi connectivity index (χ3n) is 1.49. The Kier molecular flexibility index (Phi) is 8.51. The van der Waals surface area contributed by atoms with Gasteiger partial charge in [0, 0.05) is 6.54 Å². The smallest absolute Gasteiger partial charge is 0.0594 e. The van der Waals surface area contributed by atoms with E-state index in [4.69, 9.17) is 4.74 Å². The summed E-state index contributed by atoms with van der Waals surface area (Å²) >= 11 is 0. The fraction of sp³-hybridized carbons (Fsp3) is 0.800. The van der Waals surface area contributed by atoms with Crippen LogP contribution < -0.4 is 5.32 Å². The molecule has 0 aromatic rings. The van der Waals surface area contributed by atoms with Gasteiger partial charge in [-0.25, -0.2) is 0 Å². The highest BCUT2D eigenvalue weighted by molar-refractivity contribution is 4.66. The summed E-state index contributed by atoms with van der Waals surface area (Å²) in [7, 11) is 0. The van der Waals surface area contributed by atoms with Crippen molar-refractivity contribution >= 4 is 0 Å². The minimum atomic E-state index is 0.347. The second-order valence-corrected chi connectivity index (χ2v) is 3.10. The van der Waals surface area contributed by atoms with E-state index < -0.39 is 0 Å². The lowest BCUT2D eigenvalue weighted by Crippen LogP contribution is -2.22. The van der Waals surface area contributed by atoms with E-state index in [1.54, 1.807) is 0 Å². The van der Waals surface area contributed by atoms with Gasteiger partial charge in [0.15, 0.2) is 0 Å². The minimum Gasteiger partial charge on any atom is -0.377 e. The molecule has 0 atom stereocenters. The summed E-state index contributed by atoms with van der Waals surface area (Å²) in [6.07, 6.45) is 4.56. The lowest BCUT2D eigenvalue weighted by Gasteiger charge is -2.07. The predicted octanol–water partition coefficient (Wildman–Crippen LogP) is 1.97. The highest BCUT2D eigenvalue weighted by Crippen LogP contribution is 1.87. The highest BCUT2D eigenvalue weighted by atomic mass is 16.5. The van der Waals surface area contributed by atoms with Crippen molar-refractivity contribution in [1.82, 2.24) is 5.32 Å². The van der Waals surface area contributed by atoms with Gasteiger partial charge in [-0.2, -0.15) is 0 Å². The van der Waals surface area contributed by atoms with Crippen LogP contribution in [0.5, 0.6) is 0 Å². The number of hydrogen-bond donors (Lipinski definition) is 1. The van der Waals surface area contributed by atoms with Crippen molar-refractivity contribution in [2.45, 2.75) is 32.8 Å². The van der Waals surface area contributed by atoms with Crippen molar-refractivity contribution in [2.24, 2.45) is 0 Å². The summed E-state index contributed by atoms with van der Waals surface area (Å²) in [6, 6.07) is 0. The van der Waals surface area contributed by atoms with E-state index in [0.29, 0.717) is 6.10 Å². The standard InChI is InChI=1S/C10H21NO/c1-4-5-6-7-11-8-9-12-10(2)3/h4,10-11H,1,5-9H2,2-3H3. The maximum absolute atomic E-state index is 5.37. The molecule has 0 aliphatic heterocycles. The Bertz CT molecular complexity index is 102. The minimum absolute atomic E-state index is 0.347. The van der Waals surface area contributed by atoms with Crippen LogP contribution in [-0.4, -0.2) is 25.8 Å². The van der Waals surface area contributed by atoms with Crippen molar-refractivity contribution in [3.05, 3.63) is 12.7 Å². The molecule has 0 aromatic heterocycles. The molecule has 0 bridgehead atoms. The number of ether oxygens (including phenoxy) is 1. The summed E-state index contributed by atoms with van der Waals surface area (Å²) in [5.41, 5.74) is 0. The number of allylic oxidation sites excluding steroid dienone is 1. The number of rotatable bonds is 8. The van der Waals surface area contributed by atoms with Gasteiger partial charge >= 0.3 is 0 Å². The Morgan fingerprint density at radius 2 is 2.17 bits per heavy atom. The highest BCUT2D eigenvalue weighted by Gasteiger charge is 1.91. The Hall–Kier alpha value is -0.340. The van der Waals surface area contributed by atoms with Crippen molar-refractivity contribution in [3.63, 3.8) is 0 Å². The molecule has 0 aliphatic carbocycles. The average Bonchev–Trinajstić information content (AvgIpc) is 2.02. The van der Waals surface area contributed by atoms with Crippen LogP contribution in [0.4, 0.5) is 0 Å². The van der Waals surface area contributed by atoms with Gasteiger partial charge in [-0.1, -0.05) is 6.08 Å². The first-order valence-corrected chi connectivity index (χ1v) is 4.70. The predicted molar refractivity (Wildman–Crippen MR) is 53.4 cm³/mol. The van der Waals surface area contributed by atoms with Crippen LogP contribution in [0.1, 0.15) is 26.7 Å². The molecule has 0 fully saturated rings. The van der Waals surface area contributed by atoms with E-state index in [-0.39, 0.29) is 0 Å². The molecule has 2 nitrogen and oxygen atoms in total. The Morgan fingerprint density at radius 1 is 1.42 bits per heavy atom. The summed E-state index contributed by atoms with van der Waals surface area (Å²) < 4.78 is 5.37. The number of hydrogen-bond acceptors (Lipinski definition) is 2. The van der Waals surface area contributed by atoms with Gasteiger partial charge in [-0.05, 0) is 33.2 Å².